The van der Waals surface area contributed by atoms with Crippen LogP contribution in [0.2, 0.25) is 0 Å². The maximum absolute atomic E-state index is 12.1. The normalized spacial score (nSPS) is 14.4. The first-order valence-electron chi connectivity index (χ1n) is 5.68. The number of carbonyl (C=O) groups is 1. The first kappa shape index (κ1) is 12.8. The van der Waals surface area contributed by atoms with Crippen molar-refractivity contribution < 1.29 is 9.53 Å². The Kier molecular flexibility index (Phi) is 4.62. The molecule has 3 nitrogen and oxygen atoms in total. The van der Waals surface area contributed by atoms with Crippen molar-refractivity contribution in [1.82, 2.24) is 4.98 Å². The second kappa shape index (κ2) is 5.75. The molecule has 0 fully saturated rings. The van der Waals surface area contributed by atoms with Gasteiger partial charge in [-0.1, -0.05) is 6.92 Å². The van der Waals surface area contributed by atoms with Gasteiger partial charge in [0.15, 0.2) is 5.78 Å². The molecule has 0 N–H and O–H groups in total. The third-order valence-electron chi connectivity index (χ3n) is 2.84. The Morgan fingerprint density at radius 1 is 1.38 bits per heavy atom. The average molecular weight is 221 g/mol. The summed E-state index contributed by atoms with van der Waals surface area (Å²) in [6, 6.07) is 3.72. The number of rotatable bonds is 6. The molecule has 0 aromatic carbocycles. The summed E-state index contributed by atoms with van der Waals surface area (Å²) < 4.78 is 5.55. The van der Waals surface area contributed by atoms with E-state index in [9.17, 15) is 4.79 Å². The topological polar surface area (TPSA) is 39.2 Å². The molecule has 1 rings (SSSR count). The molecule has 1 atom stereocenters. The Hall–Kier alpha value is -1.22. The van der Waals surface area contributed by atoms with Gasteiger partial charge in [0.2, 0.25) is 0 Å². The maximum Gasteiger partial charge on any atom is 0.168 e. The van der Waals surface area contributed by atoms with Crippen LogP contribution in [0.3, 0.4) is 0 Å². The lowest BCUT2D eigenvalue weighted by Crippen LogP contribution is -2.39. The van der Waals surface area contributed by atoms with Crippen LogP contribution >= 0.6 is 0 Å². The molecule has 0 aliphatic heterocycles. The summed E-state index contributed by atoms with van der Waals surface area (Å²) in [7, 11) is 0. The number of nitrogens with zero attached hydrogens (tertiary/aromatic N) is 1. The van der Waals surface area contributed by atoms with E-state index in [1.807, 2.05) is 32.9 Å². The van der Waals surface area contributed by atoms with E-state index < -0.39 is 5.60 Å². The number of carbonyl (C=O) groups excluding carboxylic acids is 1. The molecule has 0 amide bonds. The molecule has 0 bridgehead atoms. The third kappa shape index (κ3) is 3.14. The quantitative estimate of drug-likeness (QED) is 0.740. The van der Waals surface area contributed by atoms with Crippen molar-refractivity contribution in [2.45, 2.75) is 39.2 Å². The van der Waals surface area contributed by atoms with E-state index in [2.05, 4.69) is 4.98 Å². The zero-order valence-corrected chi connectivity index (χ0v) is 10.2. The van der Waals surface area contributed by atoms with Gasteiger partial charge in [-0.05, 0) is 38.0 Å². The first-order valence-corrected chi connectivity index (χ1v) is 5.68. The van der Waals surface area contributed by atoms with Crippen LogP contribution in [0.25, 0.3) is 0 Å². The number of aromatic nitrogens is 1. The summed E-state index contributed by atoms with van der Waals surface area (Å²) in [6.45, 7) is 6.31. The Balaban J connectivity index is 2.70. The fourth-order valence-corrected chi connectivity index (χ4v) is 1.57. The summed E-state index contributed by atoms with van der Waals surface area (Å²) >= 11 is 0. The minimum Gasteiger partial charge on any atom is -0.368 e. The van der Waals surface area contributed by atoms with Crippen molar-refractivity contribution >= 4 is 5.78 Å². The zero-order chi connectivity index (χ0) is 12.0. The lowest BCUT2D eigenvalue weighted by molar-refractivity contribution is -0.141. The van der Waals surface area contributed by atoms with E-state index in [0.29, 0.717) is 19.4 Å². The SMILES string of the molecule is CCOC(C)(CC)C(=O)Cc1ccncc1. The Morgan fingerprint density at radius 2 is 2.00 bits per heavy atom. The molecular weight excluding hydrogens is 202 g/mol. The Labute approximate surface area is 96.8 Å². The summed E-state index contributed by atoms with van der Waals surface area (Å²) in [4.78, 5) is 16.0. The van der Waals surface area contributed by atoms with Crippen LogP contribution in [0.15, 0.2) is 24.5 Å². The molecule has 0 aliphatic carbocycles. The number of ketones is 1. The fraction of sp³-hybridized carbons (Fsp3) is 0.538. The fourth-order valence-electron chi connectivity index (χ4n) is 1.57. The summed E-state index contributed by atoms with van der Waals surface area (Å²) in [5.74, 6) is 0.128. The monoisotopic (exact) mass is 221 g/mol. The highest BCUT2D eigenvalue weighted by atomic mass is 16.5. The van der Waals surface area contributed by atoms with Crippen molar-refractivity contribution in [1.29, 1.82) is 0 Å². The van der Waals surface area contributed by atoms with Crippen LogP contribution in [0.1, 0.15) is 32.8 Å². The number of ether oxygens (including phenoxy) is 1. The van der Waals surface area contributed by atoms with Gasteiger partial charge in [-0.25, -0.2) is 0 Å². The minimum absolute atomic E-state index is 0.128. The summed E-state index contributed by atoms with van der Waals surface area (Å²) in [5, 5.41) is 0. The highest BCUT2D eigenvalue weighted by Crippen LogP contribution is 2.18. The molecule has 1 aromatic rings. The average Bonchev–Trinajstić information content (AvgIpc) is 2.30. The molecule has 0 radical (unpaired) electrons. The van der Waals surface area contributed by atoms with Crippen LogP contribution in [0.5, 0.6) is 0 Å². The predicted octanol–water partition coefficient (Wildman–Crippen LogP) is 2.40. The predicted molar refractivity (Wildman–Crippen MR) is 63.3 cm³/mol. The molecule has 0 saturated heterocycles. The number of Topliss-reactive ketones (excluding diaryl/α,β-unsaturated/α-hetero) is 1. The molecule has 0 saturated carbocycles. The lowest BCUT2D eigenvalue weighted by Gasteiger charge is -2.26. The van der Waals surface area contributed by atoms with E-state index >= 15 is 0 Å². The Bertz CT molecular complexity index is 337. The largest absolute Gasteiger partial charge is 0.368 e. The molecule has 1 unspecified atom stereocenters. The van der Waals surface area contributed by atoms with Crippen LogP contribution in [0.4, 0.5) is 0 Å². The van der Waals surface area contributed by atoms with Gasteiger partial charge in [0.25, 0.3) is 0 Å². The highest BCUT2D eigenvalue weighted by Gasteiger charge is 2.31. The molecule has 1 aromatic heterocycles. The number of hydrogen-bond donors (Lipinski definition) is 0. The minimum atomic E-state index is -0.655. The van der Waals surface area contributed by atoms with Gasteiger partial charge in [-0.15, -0.1) is 0 Å². The molecule has 16 heavy (non-hydrogen) atoms. The first-order chi connectivity index (χ1) is 7.62. The van der Waals surface area contributed by atoms with E-state index in [4.69, 9.17) is 4.74 Å². The highest BCUT2D eigenvalue weighted by molar-refractivity contribution is 5.88. The Morgan fingerprint density at radius 3 is 2.50 bits per heavy atom. The van der Waals surface area contributed by atoms with Crippen molar-refractivity contribution in [2.75, 3.05) is 6.61 Å². The summed E-state index contributed by atoms with van der Waals surface area (Å²) in [5.41, 5.74) is 0.331. The zero-order valence-electron chi connectivity index (χ0n) is 10.2. The van der Waals surface area contributed by atoms with Crippen LogP contribution in [0, 0.1) is 0 Å². The molecular formula is C13H19NO2. The van der Waals surface area contributed by atoms with Gasteiger partial charge in [-0.2, -0.15) is 0 Å². The van der Waals surface area contributed by atoms with Gasteiger partial charge < -0.3 is 4.74 Å². The maximum atomic E-state index is 12.1. The molecule has 3 heteroatoms. The van der Waals surface area contributed by atoms with Gasteiger partial charge in [0.05, 0.1) is 0 Å². The van der Waals surface area contributed by atoms with Crippen molar-refractivity contribution in [2.24, 2.45) is 0 Å². The summed E-state index contributed by atoms with van der Waals surface area (Å²) in [6.07, 6.45) is 4.51. The van der Waals surface area contributed by atoms with Gasteiger partial charge in [-0.3, -0.25) is 9.78 Å². The van der Waals surface area contributed by atoms with E-state index in [1.54, 1.807) is 12.4 Å². The number of hydrogen-bond acceptors (Lipinski definition) is 3. The van der Waals surface area contributed by atoms with E-state index in [-0.39, 0.29) is 5.78 Å². The van der Waals surface area contributed by atoms with Gasteiger partial charge in [0, 0.05) is 25.4 Å². The standard InChI is InChI=1S/C13H19NO2/c1-4-13(3,16-5-2)12(15)10-11-6-8-14-9-7-11/h6-9H,4-5,10H2,1-3H3. The molecule has 1 heterocycles. The van der Waals surface area contributed by atoms with Crippen LogP contribution in [-0.2, 0) is 16.0 Å². The van der Waals surface area contributed by atoms with Gasteiger partial charge in [0.1, 0.15) is 5.60 Å². The van der Waals surface area contributed by atoms with E-state index in [1.165, 1.54) is 0 Å². The van der Waals surface area contributed by atoms with Crippen molar-refractivity contribution in [3.63, 3.8) is 0 Å². The lowest BCUT2D eigenvalue weighted by atomic mass is 9.93. The molecule has 0 spiro atoms. The third-order valence-corrected chi connectivity index (χ3v) is 2.84. The second-order valence-electron chi connectivity index (χ2n) is 3.97. The molecule has 88 valence electrons. The van der Waals surface area contributed by atoms with Gasteiger partial charge >= 0.3 is 0 Å². The van der Waals surface area contributed by atoms with Crippen LogP contribution in [-0.4, -0.2) is 23.0 Å². The van der Waals surface area contributed by atoms with Crippen LogP contribution < -0.4 is 0 Å². The number of pyridine rings is 1. The smallest absolute Gasteiger partial charge is 0.168 e. The van der Waals surface area contributed by atoms with Crippen molar-refractivity contribution in [3.05, 3.63) is 30.1 Å². The second-order valence-corrected chi connectivity index (χ2v) is 3.97. The van der Waals surface area contributed by atoms with E-state index in [0.717, 1.165) is 5.56 Å². The molecule has 0 aliphatic rings. The van der Waals surface area contributed by atoms with Crippen molar-refractivity contribution in [3.8, 4) is 0 Å².